The van der Waals surface area contributed by atoms with Gasteiger partial charge in [0.15, 0.2) is 5.78 Å². The minimum absolute atomic E-state index is 0.0226. The average Bonchev–Trinajstić information content (AvgIpc) is 2.60. The van der Waals surface area contributed by atoms with Gasteiger partial charge in [-0.25, -0.2) is 13.2 Å². The van der Waals surface area contributed by atoms with Crippen LogP contribution in [0.25, 0.3) is 0 Å². The summed E-state index contributed by atoms with van der Waals surface area (Å²) in [5.74, 6) is -1.54. The van der Waals surface area contributed by atoms with Crippen molar-refractivity contribution in [3.8, 4) is 0 Å². The minimum Gasteiger partial charge on any atom is -0.445 e. The number of hydrogen-bond acceptors (Lipinski definition) is 7. The van der Waals surface area contributed by atoms with Crippen molar-refractivity contribution in [3.05, 3.63) is 35.9 Å². The second-order valence-electron chi connectivity index (χ2n) is 6.51. The summed E-state index contributed by atoms with van der Waals surface area (Å²) >= 11 is 0. The van der Waals surface area contributed by atoms with Crippen LogP contribution in [0.5, 0.6) is 0 Å². The highest BCUT2D eigenvalue weighted by atomic mass is 32.2. The van der Waals surface area contributed by atoms with Gasteiger partial charge in [0, 0.05) is 6.26 Å². The molecule has 0 saturated heterocycles. The Kier molecular flexibility index (Phi) is 9.07. The number of ketones is 1. The Bertz CT molecular complexity index is 778. The normalized spacial score (nSPS) is 14.4. The van der Waals surface area contributed by atoms with Crippen molar-refractivity contribution < 1.29 is 32.6 Å². The van der Waals surface area contributed by atoms with Crippen LogP contribution in [0.15, 0.2) is 30.3 Å². The molecule has 156 valence electrons. The monoisotopic (exact) mass is 414 g/mol. The highest BCUT2D eigenvalue weighted by Crippen LogP contribution is 2.04. The fraction of sp³-hybridized carbons (Fsp3) is 0.500. The molecule has 0 aliphatic heterocycles. The topological polar surface area (TPSA) is 139 Å². The molecule has 2 amide bonds. The molecule has 0 saturated carbocycles. The first-order chi connectivity index (χ1) is 13.0. The lowest BCUT2D eigenvalue weighted by Gasteiger charge is -2.23. The Labute approximate surface area is 164 Å². The predicted octanol–water partition coefficient (Wildman–Crippen LogP) is 0.171. The molecular weight excluding hydrogens is 388 g/mol. The number of aliphatic hydroxyl groups excluding tert-OH is 1. The zero-order valence-electron chi connectivity index (χ0n) is 16.0. The van der Waals surface area contributed by atoms with Crippen molar-refractivity contribution in [2.75, 3.05) is 12.0 Å². The van der Waals surface area contributed by atoms with Crippen LogP contribution in [0, 0.1) is 0 Å². The molecule has 0 aliphatic carbocycles. The van der Waals surface area contributed by atoms with E-state index in [-0.39, 0.29) is 18.8 Å². The molecule has 0 bridgehead atoms. The number of rotatable bonds is 10. The maximum atomic E-state index is 12.4. The molecule has 0 radical (unpaired) electrons. The molecule has 0 fully saturated rings. The smallest absolute Gasteiger partial charge is 0.408 e. The zero-order valence-corrected chi connectivity index (χ0v) is 16.9. The van der Waals surface area contributed by atoms with Crippen LogP contribution in [-0.2, 0) is 30.8 Å². The number of nitrogens with one attached hydrogen (secondary N) is 2. The Balaban J connectivity index is 2.68. The van der Waals surface area contributed by atoms with E-state index in [9.17, 15) is 27.9 Å². The molecule has 1 aromatic carbocycles. The number of carbonyl (C=O) groups excluding carboxylic acids is 3. The molecule has 10 heteroatoms. The van der Waals surface area contributed by atoms with Gasteiger partial charge in [0.25, 0.3) is 0 Å². The van der Waals surface area contributed by atoms with Gasteiger partial charge in [-0.3, -0.25) is 9.59 Å². The number of carbonyl (C=O) groups is 3. The quantitative estimate of drug-likeness (QED) is 0.496. The minimum atomic E-state index is -3.32. The number of alkyl carbamates (subject to hydrolysis) is 1. The third kappa shape index (κ3) is 8.96. The van der Waals surface area contributed by atoms with Crippen molar-refractivity contribution in [1.29, 1.82) is 0 Å². The molecule has 0 heterocycles. The second kappa shape index (κ2) is 10.8. The van der Waals surface area contributed by atoms with Gasteiger partial charge in [0.1, 0.15) is 22.5 Å². The highest BCUT2D eigenvalue weighted by molar-refractivity contribution is 7.90. The molecule has 28 heavy (non-hydrogen) atoms. The molecule has 3 N–H and O–H groups in total. The van der Waals surface area contributed by atoms with Crippen LogP contribution in [0.1, 0.15) is 25.8 Å². The van der Waals surface area contributed by atoms with Crippen LogP contribution in [-0.4, -0.2) is 61.5 Å². The third-order valence-corrected chi connectivity index (χ3v) is 4.81. The number of hydrogen-bond donors (Lipinski definition) is 3. The van der Waals surface area contributed by atoms with E-state index in [0.29, 0.717) is 0 Å². The molecule has 0 spiro atoms. The van der Waals surface area contributed by atoms with Crippen LogP contribution in [0.3, 0.4) is 0 Å². The lowest BCUT2D eigenvalue weighted by molar-refractivity contribution is -0.129. The molecule has 9 nitrogen and oxygen atoms in total. The summed E-state index contributed by atoms with van der Waals surface area (Å²) in [6.07, 6.45) is -1.27. The molecular formula is C18H26N2O7S. The van der Waals surface area contributed by atoms with Gasteiger partial charge in [-0.1, -0.05) is 30.3 Å². The van der Waals surface area contributed by atoms with E-state index >= 15 is 0 Å². The Morgan fingerprint density at radius 2 is 1.75 bits per heavy atom. The van der Waals surface area contributed by atoms with Gasteiger partial charge in [0.05, 0.1) is 17.9 Å². The summed E-state index contributed by atoms with van der Waals surface area (Å²) in [5, 5.41) is 14.4. The van der Waals surface area contributed by atoms with Crippen molar-refractivity contribution in [2.24, 2.45) is 0 Å². The first kappa shape index (κ1) is 23.6. The van der Waals surface area contributed by atoms with E-state index < -0.39 is 45.8 Å². The number of amides is 2. The van der Waals surface area contributed by atoms with Crippen molar-refractivity contribution in [2.45, 2.75) is 45.1 Å². The van der Waals surface area contributed by atoms with Gasteiger partial charge >= 0.3 is 6.09 Å². The first-order valence-corrected chi connectivity index (χ1v) is 10.7. The van der Waals surface area contributed by atoms with E-state index in [1.54, 1.807) is 24.3 Å². The molecule has 1 rings (SSSR count). The summed E-state index contributed by atoms with van der Waals surface area (Å²) in [7, 11) is -3.32. The van der Waals surface area contributed by atoms with E-state index in [1.807, 2.05) is 6.07 Å². The number of aliphatic hydroxyl groups is 1. The maximum Gasteiger partial charge on any atom is 0.408 e. The fourth-order valence-electron chi connectivity index (χ4n) is 2.27. The summed E-state index contributed by atoms with van der Waals surface area (Å²) in [5.41, 5.74) is 0.744. The average molecular weight is 414 g/mol. The van der Waals surface area contributed by atoms with E-state index in [2.05, 4.69) is 10.6 Å². The molecule has 1 aromatic rings. The number of benzene rings is 1. The van der Waals surface area contributed by atoms with Crippen molar-refractivity contribution >= 4 is 27.6 Å². The highest BCUT2D eigenvalue weighted by Gasteiger charge is 2.29. The van der Waals surface area contributed by atoms with Gasteiger partial charge in [-0.2, -0.15) is 0 Å². The lowest BCUT2D eigenvalue weighted by atomic mass is 10.1. The lowest BCUT2D eigenvalue weighted by Crippen LogP contribution is -2.55. The van der Waals surface area contributed by atoms with Crippen molar-refractivity contribution in [1.82, 2.24) is 10.6 Å². The number of sulfone groups is 1. The summed E-state index contributed by atoms with van der Waals surface area (Å²) in [6, 6.07) is 6.46. The van der Waals surface area contributed by atoms with Gasteiger partial charge in [-0.05, 0) is 25.8 Å². The predicted molar refractivity (Wildman–Crippen MR) is 102 cm³/mol. The Morgan fingerprint density at radius 3 is 2.25 bits per heavy atom. The summed E-state index contributed by atoms with van der Waals surface area (Å²) in [4.78, 5) is 36.0. The number of Topliss-reactive ketones (excluding diaryl/α,β-unsaturated/α-hetero) is 1. The van der Waals surface area contributed by atoms with Crippen LogP contribution >= 0.6 is 0 Å². The van der Waals surface area contributed by atoms with E-state index in [4.69, 9.17) is 4.74 Å². The van der Waals surface area contributed by atoms with Gasteiger partial charge in [-0.15, -0.1) is 0 Å². The van der Waals surface area contributed by atoms with Gasteiger partial charge < -0.3 is 20.5 Å². The Morgan fingerprint density at radius 1 is 1.14 bits per heavy atom. The van der Waals surface area contributed by atoms with Crippen molar-refractivity contribution in [3.63, 3.8) is 0 Å². The second-order valence-corrected chi connectivity index (χ2v) is 8.77. The fourth-order valence-corrected chi connectivity index (χ4v) is 2.93. The largest absolute Gasteiger partial charge is 0.445 e. The molecule has 2 unspecified atom stereocenters. The van der Waals surface area contributed by atoms with Crippen LogP contribution in [0.4, 0.5) is 4.79 Å². The summed E-state index contributed by atoms with van der Waals surface area (Å²) in [6.45, 7) is 2.48. The first-order valence-electron chi connectivity index (χ1n) is 8.63. The molecule has 0 aromatic heterocycles. The third-order valence-electron chi connectivity index (χ3n) is 3.84. The maximum absolute atomic E-state index is 12.4. The SMILES string of the molecule is CC(=O)C(CCS(C)(=O)=O)NC(=O)[C@@H](NC(=O)OCc1ccccc1)C(C)O. The Hall–Kier alpha value is -2.46. The standard InChI is InChI=1S/C18H26N2O7S/c1-12(21)15(9-10-28(3,25)26)19-17(23)16(13(2)22)20-18(24)27-11-14-7-5-4-6-8-14/h4-8,13,15-16,22H,9-11H2,1-3H3,(H,19,23)(H,20,24)/t13?,15?,16-/m0/s1. The van der Waals surface area contributed by atoms with Crippen LogP contribution in [0.2, 0.25) is 0 Å². The zero-order chi connectivity index (χ0) is 21.3. The summed E-state index contributed by atoms with van der Waals surface area (Å²) < 4.78 is 27.6. The van der Waals surface area contributed by atoms with Crippen LogP contribution < -0.4 is 10.6 Å². The molecule has 0 aliphatic rings. The van der Waals surface area contributed by atoms with E-state index in [0.717, 1.165) is 11.8 Å². The van der Waals surface area contributed by atoms with E-state index in [1.165, 1.54) is 13.8 Å². The molecule has 3 atom stereocenters. The number of ether oxygens (including phenoxy) is 1. The van der Waals surface area contributed by atoms with Gasteiger partial charge in [0.2, 0.25) is 5.91 Å².